The van der Waals surface area contributed by atoms with Crippen LogP contribution in [0.4, 0.5) is 0 Å². The molecule has 3 nitrogen and oxygen atoms in total. The van der Waals surface area contributed by atoms with E-state index in [1.165, 1.54) is 0 Å². The molecule has 0 aliphatic rings. The fourth-order valence-corrected chi connectivity index (χ4v) is 0.968. The monoisotopic (exact) mass is 196 g/mol. The maximum Gasteiger partial charge on any atom is 0.219 e. The van der Waals surface area contributed by atoms with Crippen LogP contribution in [0.25, 0.3) is 0 Å². The third kappa shape index (κ3) is 4.60. The molecular formula is C11H20N2O. The normalized spacial score (nSPS) is 12.5. The lowest BCUT2D eigenvalue weighted by Gasteiger charge is -2.06. The van der Waals surface area contributed by atoms with Crippen LogP contribution in [0.5, 0.6) is 0 Å². The van der Waals surface area contributed by atoms with Gasteiger partial charge in [-0.3, -0.25) is 9.79 Å². The lowest BCUT2D eigenvalue weighted by atomic mass is 10.1. The second-order valence-corrected chi connectivity index (χ2v) is 2.93. The zero-order chi connectivity index (χ0) is 11.0. The van der Waals surface area contributed by atoms with Gasteiger partial charge in [0.1, 0.15) is 0 Å². The summed E-state index contributed by atoms with van der Waals surface area (Å²) in [5.41, 5.74) is 2.02. The van der Waals surface area contributed by atoms with Crippen LogP contribution < -0.4 is 5.32 Å². The van der Waals surface area contributed by atoms with E-state index in [4.69, 9.17) is 0 Å². The highest BCUT2D eigenvalue weighted by Gasteiger charge is 1.99. The summed E-state index contributed by atoms with van der Waals surface area (Å²) >= 11 is 0. The number of aliphatic imine (C=N–C) groups is 1. The lowest BCUT2D eigenvalue weighted by Crippen LogP contribution is -2.24. The van der Waals surface area contributed by atoms with Crippen molar-refractivity contribution in [2.45, 2.75) is 20.3 Å². The molecule has 0 aromatic carbocycles. The summed E-state index contributed by atoms with van der Waals surface area (Å²) < 4.78 is 0. The van der Waals surface area contributed by atoms with Gasteiger partial charge >= 0.3 is 0 Å². The van der Waals surface area contributed by atoms with Crippen LogP contribution in [-0.4, -0.2) is 25.7 Å². The van der Waals surface area contributed by atoms with Crippen molar-refractivity contribution in [1.29, 1.82) is 0 Å². The summed E-state index contributed by atoms with van der Waals surface area (Å²) in [6.07, 6.45) is 4.01. The van der Waals surface area contributed by atoms with E-state index in [0.29, 0.717) is 13.0 Å². The quantitative estimate of drug-likeness (QED) is 0.530. The molecule has 0 heterocycles. The summed E-state index contributed by atoms with van der Waals surface area (Å²) in [5, 5.41) is 2.79. The number of nitrogens with one attached hydrogen (secondary N) is 1. The molecule has 80 valence electrons. The van der Waals surface area contributed by atoms with Gasteiger partial charge in [-0.15, -0.1) is 0 Å². The van der Waals surface area contributed by atoms with Crippen molar-refractivity contribution in [2.75, 3.05) is 13.6 Å². The van der Waals surface area contributed by atoms with Crippen LogP contribution in [0.15, 0.2) is 28.8 Å². The van der Waals surface area contributed by atoms with Gasteiger partial charge in [0.2, 0.25) is 5.91 Å². The summed E-state index contributed by atoms with van der Waals surface area (Å²) in [6, 6.07) is 0. The van der Waals surface area contributed by atoms with Gasteiger partial charge in [-0.25, -0.2) is 0 Å². The highest BCUT2D eigenvalue weighted by Crippen LogP contribution is 2.01. The van der Waals surface area contributed by atoms with Crippen molar-refractivity contribution in [3.8, 4) is 0 Å². The van der Waals surface area contributed by atoms with Gasteiger partial charge in [0.25, 0.3) is 0 Å². The smallest absolute Gasteiger partial charge is 0.219 e. The first-order chi connectivity index (χ1) is 6.65. The summed E-state index contributed by atoms with van der Waals surface area (Å²) in [5.74, 6) is 0.0468. The van der Waals surface area contributed by atoms with Crippen LogP contribution in [0.2, 0.25) is 0 Å². The topological polar surface area (TPSA) is 41.5 Å². The summed E-state index contributed by atoms with van der Waals surface area (Å²) in [7, 11) is 1.72. The van der Waals surface area contributed by atoms with Crippen LogP contribution >= 0.6 is 0 Å². The fraction of sp³-hybridized carbons (Fsp3) is 0.455. The molecule has 0 atom stereocenters. The maximum absolute atomic E-state index is 11.0. The van der Waals surface area contributed by atoms with Crippen molar-refractivity contribution in [3.05, 3.63) is 23.8 Å². The fourth-order valence-electron chi connectivity index (χ4n) is 0.968. The Morgan fingerprint density at radius 1 is 1.64 bits per heavy atom. The molecule has 1 amide bonds. The van der Waals surface area contributed by atoms with Crippen molar-refractivity contribution in [2.24, 2.45) is 4.99 Å². The SMILES string of the molecule is C=C/C(CNC(=O)CC)=C(/C)C=NC.[HH]. The number of carbonyl (C=O) groups is 1. The molecule has 14 heavy (non-hydrogen) atoms. The van der Waals surface area contributed by atoms with Gasteiger partial charge in [-0.2, -0.15) is 0 Å². The molecule has 0 unspecified atom stereocenters. The standard InChI is InChI=1S/C11H18N2O.H2/c1-5-10(9(3)7-12-4)8-13-11(14)6-2;/h5,7H,1,6,8H2,2-4H3,(H,13,14);1H/b10-9+,12-7?;. The van der Waals surface area contributed by atoms with E-state index < -0.39 is 0 Å². The van der Waals surface area contributed by atoms with E-state index >= 15 is 0 Å². The van der Waals surface area contributed by atoms with Crippen LogP contribution in [0.1, 0.15) is 21.7 Å². The molecule has 0 spiro atoms. The molecule has 1 N–H and O–H groups in total. The molecule has 0 aliphatic carbocycles. The van der Waals surface area contributed by atoms with Crippen LogP contribution in [0, 0.1) is 0 Å². The molecule has 0 fully saturated rings. The predicted molar refractivity (Wildman–Crippen MR) is 62.7 cm³/mol. The first kappa shape index (κ1) is 12.6. The van der Waals surface area contributed by atoms with Crippen LogP contribution in [-0.2, 0) is 4.79 Å². The van der Waals surface area contributed by atoms with Gasteiger partial charge in [0.15, 0.2) is 0 Å². The number of hydrogen-bond acceptors (Lipinski definition) is 2. The molecule has 0 aromatic rings. The van der Waals surface area contributed by atoms with E-state index in [1.54, 1.807) is 19.3 Å². The second kappa shape index (κ2) is 7.06. The Labute approximate surface area is 87.1 Å². The van der Waals surface area contributed by atoms with Gasteiger partial charge in [0.05, 0.1) is 0 Å². The first-order valence-corrected chi connectivity index (χ1v) is 4.66. The molecule has 0 rings (SSSR count). The number of carbonyl (C=O) groups excluding carboxylic acids is 1. The van der Waals surface area contributed by atoms with Gasteiger partial charge in [0, 0.05) is 27.7 Å². The number of rotatable bonds is 5. The molecule has 3 heteroatoms. The van der Waals surface area contributed by atoms with Crippen molar-refractivity contribution < 1.29 is 6.22 Å². The Hall–Kier alpha value is -1.38. The molecule has 0 bridgehead atoms. The Kier molecular flexibility index (Phi) is 6.37. The molecule has 0 saturated heterocycles. The average molecular weight is 196 g/mol. The zero-order valence-electron chi connectivity index (χ0n) is 9.13. The van der Waals surface area contributed by atoms with E-state index in [1.807, 2.05) is 13.8 Å². The van der Waals surface area contributed by atoms with E-state index in [-0.39, 0.29) is 7.33 Å². The van der Waals surface area contributed by atoms with E-state index in [9.17, 15) is 4.79 Å². The third-order valence-electron chi connectivity index (χ3n) is 1.87. The molecule has 0 aliphatic heterocycles. The van der Waals surface area contributed by atoms with Crippen molar-refractivity contribution in [3.63, 3.8) is 0 Å². The van der Waals surface area contributed by atoms with Crippen LogP contribution in [0.3, 0.4) is 0 Å². The maximum atomic E-state index is 11.0. The largest absolute Gasteiger partial charge is 0.352 e. The minimum absolute atomic E-state index is 0. The molecule has 0 radical (unpaired) electrons. The molecule has 0 aromatic heterocycles. The van der Waals surface area contributed by atoms with Crippen molar-refractivity contribution in [1.82, 2.24) is 5.32 Å². The number of hydrogen-bond donors (Lipinski definition) is 1. The summed E-state index contributed by atoms with van der Waals surface area (Å²) in [6.45, 7) is 7.99. The number of amides is 1. The summed E-state index contributed by atoms with van der Waals surface area (Å²) in [4.78, 5) is 14.9. The highest BCUT2D eigenvalue weighted by atomic mass is 16.1. The number of nitrogens with zero attached hydrogens (tertiary/aromatic N) is 1. The Morgan fingerprint density at radius 2 is 2.29 bits per heavy atom. The zero-order valence-corrected chi connectivity index (χ0v) is 9.13. The van der Waals surface area contributed by atoms with Crippen molar-refractivity contribution >= 4 is 12.1 Å². The van der Waals surface area contributed by atoms with Gasteiger partial charge in [-0.05, 0) is 18.1 Å². The Balaban J connectivity index is 0. The van der Waals surface area contributed by atoms with E-state index in [2.05, 4.69) is 16.9 Å². The Morgan fingerprint density at radius 3 is 2.71 bits per heavy atom. The lowest BCUT2D eigenvalue weighted by molar-refractivity contribution is -0.120. The minimum atomic E-state index is 0. The highest BCUT2D eigenvalue weighted by molar-refractivity contribution is 5.80. The van der Waals surface area contributed by atoms with E-state index in [0.717, 1.165) is 11.1 Å². The predicted octanol–water partition coefficient (Wildman–Crippen LogP) is 1.96. The average Bonchev–Trinajstić information content (AvgIpc) is 2.18. The van der Waals surface area contributed by atoms with Gasteiger partial charge < -0.3 is 5.32 Å². The van der Waals surface area contributed by atoms with Gasteiger partial charge in [-0.1, -0.05) is 19.6 Å². The third-order valence-corrected chi connectivity index (χ3v) is 1.87. The minimum Gasteiger partial charge on any atom is -0.352 e. The number of allylic oxidation sites excluding steroid dienone is 1. The molecular weight excluding hydrogens is 176 g/mol. The second-order valence-electron chi connectivity index (χ2n) is 2.93. The Bertz CT molecular complexity index is 270. The first-order valence-electron chi connectivity index (χ1n) is 4.66. The molecule has 0 saturated carbocycles.